The van der Waals surface area contributed by atoms with E-state index in [-0.39, 0.29) is 5.92 Å². The molecule has 0 atom stereocenters. The second kappa shape index (κ2) is 8.85. The molecular formula is C21H27BN4. The molecule has 1 aliphatic rings. The third kappa shape index (κ3) is 4.24. The predicted octanol–water partition coefficient (Wildman–Crippen LogP) is 3.34. The van der Waals surface area contributed by atoms with E-state index in [1.165, 1.54) is 5.46 Å². The van der Waals surface area contributed by atoms with Crippen molar-refractivity contribution >= 4 is 18.6 Å². The van der Waals surface area contributed by atoms with Gasteiger partial charge < -0.3 is 4.90 Å². The molecule has 2 aromatic rings. The lowest BCUT2D eigenvalue weighted by Gasteiger charge is -2.31. The normalized spacial score (nSPS) is 14.9. The Balaban J connectivity index is 1.93. The molecule has 2 heterocycles. The summed E-state index contributed by atoms with van der Waals surface area (Å²) in [6.07, 6.45) is 7.02. The Morgan fingerprint density at radius 3 is 2.58 bits per heavy atom. The first kappa shape index (κ1) is 18.4. The third-order valence-electron chi connectivity index (χ3n) is 5.20. The maximum atomic E-state index is 9.17. The van der Waals surface area contributed by atoms with Crippen molar-refractivity contribution in [2.75, 3.05) is 18.0 Å². The molecule has 0 bridgehead atoms. The Hall–Kier alpha value is -2.35. The summed E-state index contributed by atoms with van der Waals surface area (Å²) in [5.41, 5.74) is 4.48. The first-order valence-electron chi connectivity index (χ1n) is 9.85. The first-order chi connectivity index (χ1) is 12.7. The lowest BCUT2D eigenvalue weighted by Crippen LogP contribution is -2.34. The minimum atomic E-state index is 0.176. The molecule has 0 saturated carbocycles. The average Bonchev–Trinajstić information content (AvgIpc) is 2.72. The average molecular weight is 346 g/mol. The highest BCUT2D eigenvalue weighted by atomic mass is 15.2. The molecule has 26 heavy (non-hydrogen) atoms. The molecule has 3 rings (SSSR count). The number of nitrogens with zero attached hydrogens (tertiary/aromatic N) is 4. The fourth-order valence-corrected chi connectivity index (χ4v) is 3.44. The van der Waals surface area contributed by atoms with Crippen LogP contribution in [0.3, 0.4) is 0 Å². The van der Waals surface area contributed by atoms with Gasteiger partial charge in [0.15, 0.2) is 13.1 Å². The largest absolute Gasteiger partial charge is 0.355 e. The van der Waals surface area contributed by atoms with E-state index in [1.54, 1.807) is 0 Å². The summed E-state index contributed by atoms with van der Waals surface area (Å²) in [6, 6.07) is 11.1. The Labute approximate surface area is 157 Å². The van der Waals surface area contributed by atoms with Crippen LogP contribution in [0.4, 0.5) is 5.82 Å². The smallest absolute Gasteiger partial charge is 0.155 e. The van der Waals surface area contributed by atoms with Gasteiger partial charge in [-0.05, 0) is 25.7 Å². The second-order valence-corrected chi connectivity index (χ2v) is 7.08. The second-order valence-electron chi connectivity index (χ2n) is 7.08. The number of hydrogen-bond donors (Lipinski definition) is 0. The number of aryl methyl sites for hydroxylation is 1. The highest BCUT2D eigenvalue weighted by Gasteiger charge is 2.23. The minimum Gasteiger partial charge on any atom is -0.355 e. The van der Waals surface area contributed by atoms with Crippen LogP contribution in [0.25, 0.3) is 11.3 Å². The molecule has 0 spiro atoms. The molecule has 4 nitrogen and oxygen atoms in total. The number of piperidine rings is 1. The van der Waals surface area contributed by atoms with Gasteiger partial charge in [0, 0.05) is 30.8 Å². The van der Waals surface area contributed by atoms with Gasteiger partial charge in [0.05, 0.1) is 11.8 Å². The number of nitriles is 1. The molecule has 5 heteroatoms. The van der Waals surface area contributed by atoms with E-state index >= 15 is 0 Å². The number of benzene rings is 1. The van der Waals surface area contributed by atoms with Crippen molar-refractivity contribution in [1.29, 1.82) is 5.26 Å². The van der Waals surface area contributed by atoms with Crippen LogP contribution in [-0.2, 0) is 6.42 Å². The van der Waals surface area contributed by atoms with Gasteiger partial charge in [0.1, 0.15) is 5.69 Å². The van der Waals surface area contributed by atoms with Crippen LogP contribution < -0.4 is 10.4 Å². The van der Waals surface area contributed by atoms with Gasteiger partial charge >= 0.3 is 0 Å². The number of hydrogen-bond acceptors (Lipinski definition) is 4. The molecule has 1 aliphatic heterocycles. The molecule has 0 aliphatic carbocycles. The predicted molar refractivity (Wildman–Crippen MR) is 109 cm³/mol. The van der Waals surface area contributed by atoms with Crippen LogP contribution in [0.1, 0.15) is 38.3 Å². The van der Waals surface area contributed by atoms with E-state index in [0.717, 1.165) is 75.2 Å². The van der Waals surface area contributed by atoms with Gasteiger partial charge in [-0.15, -0.1) is 0 Å². The van der Waals surface area contributed by atoms with Gasteiger partial charge in [-0.2, -0.15) is 5.26 Å². The Morgan fingerprint density at radius 2 is 1.96 bits per heavy atom. The molecule has 134 valence electrons. The van der Waals surface area contributed by atoms with Crippen LogP contribution in [0.2, 0.25) is 6.82 Å². The molecule has 1 saturated heterocycles. The summed E-state index contributed by atoms with van der Waals surface area (Å²) in [4.78, 5) is 12.1. The number of unbranched alkanes of at least 4 members (excludes halogenated alkanes) is 1. The van der Waals surface area contributed by atoms with Crippen molar-refractivity contribution in [1.82, 2.24) is 9.97 Å². The maximum absolute atomic E-state index is 9.17. The Morgan fingerprint density at radius 1 is 1.23 bits per heavy atom. The molecule has 0 unspecified atom stereocenters. The summed E-state index contributed by atoms with van der Waals surface area (Å²) in [5.74, 6) is 1.16. The zero-order chi connectivity index (χ0) is 18.4. The highest BCUT2D eigenvalue weighted by molar-refractivity contribution is 6.51. The fraction of sp³-hybridized carbons (Fsp3) is 0.476. The van der Waals surface area contributed by atoms with Gasteiger partial charge in [0.2, 0.25) is 0 Å². The quantitative estimate of drug-likeness (QED) is 0.753. The summed E-state index contributed by atoms with van der Waals surface area (Å²) in [5, 5.41) is 9.17. The minimum absolute atomic E-state index is 0.176. The number of rotatable bonds is 6. The van der Waals surface area contributed by atoms with E-state index in [9.17, 15) is 5.26 Å². The van der Waals surface area contributed by atoms with Gasteiger partial charge in [0.25, 0.3) is 0 Å². The third-order valence-corrected chi connectivity index (χ3v) is 5.20. The Bertz CT molecular complexity index is 759. The van der Waals surface area contributed by atoms with Crippen LogP contribution in [0, 0.1) is 17.2 Å². The standard InChI is InChI=1S/C21H27BN4/c1-3-4-5-19-15-24-20(17-6-8-18(22-2)9-7-17)21(25-19)26-12-10-16(14-23)11-13-26/h6-9,15-16,22H,3-5,10-13H2,1-2H3. The SMILES string of the molecule is CBc1ccc(-c2ncc(CCCC)nc2N2CCC(C#N)CC2)cc1. The van der Waals surface area contributed by atoms with E-state index in [2.05, 4.69) is 49.0 Å². The van der Waals surface area contributed by atoms with Crippen molar-refractivity contribution in [2.45, 2.75) is 45.9 Å². The van der Waals surface area contributed by atoms with Gasteiger partial charge in [-0.1, -0.05) is 49.9 Å². The molecule has 0 N–H and O–H groups in total. The zero-order valence-corrected chi connectivity index (χ0v) is 15.9. The molecule has 0 radical (unpaired) electrons. The summed E-state index contributed by atoms with van der Waals surface area (Å²) < 4.78 is 0. The van der Waals surface area contributed by atoms with E-state index < -0.39 is 0 Å². The first-order valence-corrected chi connectivity index (χ1v) is 9.85. The monoisotopic (exact) mass is 346 g/mol. The van der Waals surface area contributed by atoms with Crippen molar-refractivity contribution in [2.24, 2.45) is 5.92 Å². The number of aromatic nitrogens is 2. The lowest BCUT2D eigenvalue weighted by molar-refractivity contribution is 0.484. The summed E-state index contributed by atoms with van der Waals surface area (Å²) in [6.45, 7) is 6.13. The van der Waals surface area contributed by atoms with Crippen molar-refractivity contribution < 1.29 is 0 Å². The molecular weight excluding hydrogens is 319 g/mol. The molecule has 1 aromatic carbocycles. The Kier molecular flexibility index (Phi) is 6.28. The topological polar surface area (TPSA) is 52.8 Å². The van der Waals surface area contributed by atoms with E-state index in [0.29, 0.717) is 0 Å². The van der Waals surface area contributed by atoms with Crippen molar-refractivity contribution in [3.63, 3.8) is 0 Å². The molecule has 0 amide bonds. The van der Waals surface area contributed by atoms with E-state index in [1.807, 2.05) is 6.20 Å². The summed E-state index contributed by atoms with van der Waals surface area (Å²) >= 11 is 0. The molecule has 1 aromatic heterocycles. The van der Waals surface area contributed by atoms with Crippen molar-refractivity contribution in [3.05, 3.63) is 36.2 Å². The van der Waals surface area contributed by atoms with Crippen molar-refractivity contribution in [3.8, 4) is 17.3 Å². The number of anilines is 1. The highest BCUT2D eigenvalue weighted by Crippen LogP contribution is 2.30. The van der Waals surface area contributed by atoms with Crippen LogP contribution in [0.5, 0.6) is 0 Å². The molecule has 1 fully saturated rings. The maximum Gasteiger partial charge on any atom is 0.155 e. The van der Waals surface area contributed by atoms with Crippen LogP contribution >= 0.6 is 0 Å². The van der Waals surface area contributed by atoms with E-state index in [4.69, 9.17) is 9.97 Å². The fourth-order valence-electron chi connectivity index (χ4n) is 3.44. The lowest BCUT2D eigenvalue weighted by atomic mass is 9.73. The zero-order valence-electron chi connectivity index (χ0n) is 15.9. The van der Waals surface area contributed by atoms with Gasteiger partial charge in [-0.3, -0.25) is 4.98 Å². The van der Waals surface area contributed by atoms with Crippen LogP contribution in [-0.4, -0.2) is 30.3 Å². The van der Waals surface area contributed by atoms with Gasteiger partial charge in [-0.25, -0.2) is 4.98 Å². The van der Waals surface area contributed by atoms with Crippen LogP contribution in [0.15, 0.2) is 30.5 Å². The summed E-state index contributed by atoms with van der Waals surface area (Å²) in [7, 11) is 1.04.